The Morgan fingerprint density at radius 1 is 0.351 bits per heavy atom. The summed E-state index contributed by atoms with van der Waals surface area (Å²) < 4.78 is 145. The zero-order valence-electron chi connectivity index (χ0n) is 27.4. The molecule has 0 fully saturated rings. The molecule has 0 amide bonds. The van der Waals surface area contributed by atoms with E-state index in [2.05, 4.69) is 39.9 Å². The molecule has 0 N–H and O–H groups in total. The maximum absolute atomic E-state index is 12.1. The first-order valence-corrected chi connectivity index (χ1v) is 21.0. The molecule has 25 heteroatoms. The van der Waals surface area contributed by atoms with Crippen LogP contribution in [0.3, 0.4) is 0 Å². The van der Waals surface area contributed by atoms with Gasteiger partial charge in [-0.25, -0.2) is 43.6 Å². The number of hydrogen-bond donors (Lipinski definition) is 0. The Hall–Kier alpha value is -5.63. The Morgan fingerprint density at radius 2 is 0.632 bits per heavy atom. The Morgan fingerprint density at radius 3 is 0.965 bits per heavy atom. The summed E-state index contributed by atoms with van der Waals surface area (Å²) in [5, 5.41) is 0.169. The summed E-state index contributed by atoms with van der Waals surface area (Å²) >= 11 is 0. The van der Waals surface area contributed by atoms with E-state index in [9.17, 15) is 51.9 Å². The van der Waals surface area contributed by atoms with E-state index in [0.717, 1.165) is 48.5 Å². The van der Waals surface area contributed by atoms with Crippen LogP contribution < -0.4 is 9.97 Å². The summed E-state index contributed by atoms with van der Waals surface area (Å²) in [6.45, 7) is 0. The summed E-state index contributed by atoms with van der Waals surface area (Å²) in [6.07, 6.45) is 0. The Bertz CT molecular complexity index is 3620. The molecule has 0 saturated heterocycles. The summed E-state index contributed by atoms with van der Waals surface area (Å²) in [4.78, 5) is 33.1. The fourth-order valence-corrected chi connectivity index (χ4v) is 8.19. The third-order valence-corrected chi connectivity index (χ3v) is 12.1. The number of fused-ring (bicyclic) bond motifs is 20. The van der Waals surface area contributed by atoms with Crippen molar-refractivity contribution in [3.05, 3.63) is 72.8 Å². The van der Waals surface area contributed by atoms with E-state index in [-0.39, 0.29) is 106 Å². The molecule has 5 heterocycles. The van der Waals surface area contributed by atoms with Crippen LogP contribution in [0.2, 0.25) is 0 Å². The normalized spacial score (nSPS) is 13.0. The number of hydrogen-bond acceptors (Lipinski definition) is 18. The van der Waals surface area contributed by atoms with Crippen LogP contribution >= 0.6 is 0 Å². The number of nitrogens with zero attached hydrogens (tertiary/aromatic N) is 8. The number of aromatic nitrogens is 8. The van der Waals surface area contributed by atoms with Crippen molar-refractivity contribution in [2.75, 3.05) is 0 Å². The first kappa shape index (κ1) is 38.3. The molecule has 20 nitrogen and oxygen atoms in total. The van der Waals surface area contributed by atoms with Crippen molar-refractivity contribution in [2.45, 2.75) is 19.6 Å². The number of benzene rings is 4. The molecular formula is C32H12N8NiO12S4-4. The van der Waals surface area contributed by atoms with E-state index in [1.807, 2.05) is 0 Å². The van der Waals surface area contributed by atoms with E-state index in [1.165, 1.54) is 24.3 Å². The third-order valence-electron chi connectivity index (χ3n) is 8.74. The fraction of sp³-hybridized carbons (Fsp3) is 0. The monoisotopic (exact) mass is 886 g/mol. The van der Waals surface area contributed by atoms with Gasteiger partial charge in [0.25, 0.3) is 0 Å². The van der Waals surface area contributed by atoms with Gasteiger partial charge in [-0.05, 0) is 70.1 Å². The average molecular weight is 887 g/mol. The third kappa shape index (κ3) is 6.53. The molecule has 290 valence electrons. The maximum atomic E-state index is 12.1. The molecule has 7 aromatic rings. The van der Waals surface area contributed by atoms with Crippen LogP contribution in [-0.4, -0.2) is 81.8 Å². The van der Waals surface area contributed by atoms with Gasteiger partial charge in [-0.3, -0.25) is 0 Å². The second-order valence-electron chi connectivity index (χ2n) is 12.1. The van der Waals surface area contributed by atoms with E-state index in [1.54, 1.807) is 0 Å². The van der Waals surface area contributed by atoms with E-state index in [4.69, 9.17) is 0 Å². The van der Waals surface area contributed by atoms with Crippen molar-refractivity contribution < 1.29 is 68.4 Å². The largest absolute Gasteiger partial charge is 2.00 e. The van der Waals surface area contributed by atoms with Crippen molar-refractivity contribution >= 4 is 84.6 Å². The molecule has 3 aromatic heterocycles. The van der Waals surface area contributed by atoms with Crippen LogP contribution in [0.5, 0.6) is 0 Å². The van der Waals surface area contributed by atoms with Gasteiger partial charge in [-0.1, -0.05) is 24.3 Å². The van der Waals surface area contributed by atoms with Crippen molar-refractivity contribution in [1.82, 2.24) is 39.9 Å². The van der Waals surface area contributed by atoms with Gasteiger partial charge in [-0.2, -0.15) is 0 Å². The average Bonchev–Trinajstić information content (AvgIpc) is 3.84. The Kier molecular flexibility index (Phi) is 8.52. The zero-order valence-corrected chi connectivity index (χ0v) is 31.6. The fourth-order valence-electron chi connectivity index (χ4n) is 6.20. The van der Waals surface area contributed by atoms with Gasteiger partial charge < -0.3 is 48.1 Å². The van der Waals surface area contributed by atoms with E-state index in [0.29, 0.717) is 0 Å². The van der Waals surface area contributed by atoms with Gasteiger partial charge >= 0.3 is 16.5 Å². The van der Waals surface area contributed by atoms with Gasteiger partial charge in [0.1, 0.15) is 40.5 Å². The molecule has 0 unspecified atom stereocenters. The van der Waals surface area contributed by atoms with Gasteiger partial charge in [-0.15, -0.1) is 0 Å². The summed E-state index contributed by atoms with van der Waals surface area (Å²) in [7, 11) is -20.1. The van der Waals surface area contributed by atoms with E-state index < -0.39 is 60.1 Å². The van der Waals surface area contributed by atoms with Crippen LogP contribution in [-0.2, 0) is 57.0 Å². The minimum atomic E-state index is -5.04. The molecule has 57 heavy (non-hydrogen) atoms. The van der Waals surface area contributed by atoms with Crippen LogP contribution in [0, 0.1) is 0 Å². The minimum absolute atomic E-state index is 0. The Labute approximate surface area is 329 Å². The van der Waals surface area contributed by atoms with Crippen molar-refractivity contribution in [3.8, 4) is 45.6 Å². The molecule has 0 atom stereocenters. The number of rotatable bonds is 4. The second-order valence-corrected chi connectivity index (χ2v) is 17.6. The van der Waals surface area contributed by atoms with Crippen molar-refractivity contribution in [2.24, 2.45) is 0 Å². The molecule has 9 rings (SSSR count). The molecule has 2 aliphatic rings. The predicted octanol–water partition coefficient (Wildman–Crippen LogP) is 1.74. The first-order valence-electron chi connectivity index (χ1n) is 15.3. The molecule has 2 aliphatic heterocycles. The summed E-state index contributed by atoms with van der Waals surface area (Å²) in [5.74, 6) is -0.882. The smallest absolute Gasteiger partial charge is 0.744 e. The van der Waals surface area contributed by atoms with Crippen molar-refractivity contribution in [3.63, 3.8) is 0 Å². The SMILES string of the molecule is O=S(=O)([O-])c1ccc2c(c1)-c1nc-2nc2[n-]c(nc3nc(nc4[n-]c(n1)c1ccc(S(=O)(=O)[O-])cc41)-c1cc(S(=O)(=O)[O-])ccc1-3)c1cc(S(=O)(=O)[O-])ccc21.[Ni+2]. The maximum Gasteiger partial charge on any atom is 2.00 e. The molecular weight excluding hydrogens is 875 g/mol. The predicted molar refractivity (Wildman–Crippen MR) is 186 cm³/mol. The van der Waals surface area contributed by atoms with Crippen LogP contribution in [0.25, 0.3) is 89.7 Å². The summed E-state index contributed by atoms with van der Waals surface area (Å²) in [5.41, 5.74) is -0.712. The molecule has 0 radical (unpaired) electrons. The van der Waals surface area contributed by atoms with Gasteiger partial charge in [0.05, 0.1) is 42.9 Å². The Balaban J connectivity index is 0.00000455. The molecule has 4 aromatic carbocycles. The standard InChI is InChI=1S/C32H16N8O12S4.Ni/c41-53(42,43)13-1-5-17-21(9-13)29-34-25(17)33-26-18-6-2-14(54(44,45)46)10-22(18)30(35-26)37-28-20-8-4-16(56(50,51)52)12-24(20)32(39-28)40-31-23-11-15(55(47,48)49)3-7-19(23)27(36-29)38-31;/h1-12H,(H4-2,33,34,35,36,37,38,39,40,41,42,43,44,45,46,47,48,49,50,51,52);/q-2;+2/p-4. The topological polar surface area (TPSA) is 334 Å². The molecule has 0 aliphatic carbocycles. The van der Waals surface area contributed by atoms with Crippen LogP contribution in [0.4, 0.5) is 0 Å². The summed E-state index contributed by atoms with van der Waals surface area (Å²) in [6, 6.07) is 12.9. The molecule has 0 spiro atoms. The second kappa shape index (κ2) is 12.7. The molecule has 8 bridgehead atoms. The minimum Gasteiger partial charge on any atom is -0.744 e. The zero-order chi connectivity index (χ0) is 39.7. The van der Waals surface area contributed by atoms with Gasteiger partial charge in [0.15, 0.2) is 0 Å². The first-order chi connectivity index (χ1) is 26.2. The van der Waals surface area contributed by atoms with Crippen LogP contribution in [0.1, 0.15) is 0 Å². The molecule has 0 saturated carbocycles. The quantitative estimate of drug-likeness (QED) is 0.179. The van der Waals surface area contributed by atoms with Gasteiger partial charge in [0.2, 0.25) is 0 Å². The van der Waals surface area contributed by atoms with E-state index >= 15 is 0 Å². The van der Waals surface area contributed by atoms with Crippen LogP contribution in [0.15, 0.2) is 92.4 Å². The van der Waals surface area contributed by atoms with Crippen molar-refractivity contribution in [1.29, 1.82) is 0 Å². The van der Waals surface area contributed by atoms with Gasteiger partial charge in [0, 0.05) is 44.8 Å².